The first-order valence-corrected chi connectivity index (χ1v) is 11.0. The van der Waals surface area contributed by atoms with Crippen molar-refractivity contribution in [1.29, 1.82) is 0 Å². The molecule has 168 valence electrons. The van der Waals surface area contributed by atoms with E-state index in [-0.39, 0.29) is 11.9 Å². The van der Waals surface area contributed by atoms with Crippen molar-refractivity contribution in [3.05, 3.63) is 54.1 Å². The van der Waals surface area contributed by atoms with Crippen LogP contribution >= 0.6 is 0 Å². The van der Waals surface area contributed by atoms with Crippen LogP contribution in [-0.4, -0.2) is 40.2 Å². The molecule has 6 nitrogen and oxygen atoms in total. The van der Waals surface area contributed by atoms with Crippen LogP contribution in [0.5, 0.6) is 5.75 Å². The molecule has 0 spiro atoms. The minimum absolute atomic E-state index is 0.154. The number of allylic oxidation sites excluding steroid dienone is 1. The van der Waals surface area contributed by atoms with Gasteiger partial charge in [0.2, 0.25) is 0 Å². The molecule has 0 radical (unpaired) electrons. The second-order valence-electron chi connectivity index (χ2n) is 8.20. The predicted molar refractivity (Wildman–Crippen MR) is 123 cm³/mol. The van der Waals surface area contributed by atoms with Crippen LogP contribution in [0.15, 0.2) is 42.6 Å². The third kappa shape index (κ3) is 4.53. The van der Waals surface area contributed by atoms with E-state index in [0.29, 0.717) is 17.7 Å². The Morgan fingerprint density at radius 1 is 1.34 bits per heavy atom. The lowest BCUT2D eigenvalue weighted by atomic mass is 9.92. The van der Waals surface area contributed by atoms with Crippen LogP contribution in [0, 0.1) is 5.82 Å². The van der Waals surface area contributed by atoms with E-state index in [2.05, 4.69) is 27.4 Å². The second kappa shape index (κ2) is 9.53. The zero-order chi connectivity index (χ0) is 22.7. The largest absolute Gasteiger partial charge is 0.496 e. The number of fused-ring (bicyclic) bond motifs is 1. The van der Waals surface area contributed by atoms with Crippen LogP contribution in [0.1, 0.15) is 44.7 Å². The van der Waals surface area contributed by atoms with Crippen molar-refractivity contribution in [2.24, 2.45) is 0 Å². The summed E-state index contributed by atoms with van der Waals surface area (Å²) < 4.78 is 19.4. The third-order valence-electron chi connectivity index (χ3n) is 6.05. The first kappa shape index (κ1) is 22.0. The number of carboxylic acid groups (broad SMARTS) is 1. The topological polar surface area (TPSA) is 87.2 Å². The minimum atomic E-state index is -0.788. The van der Waals surface area contributed by atoms with Gasteiger partial charge in [-0.25, -0.2) is 9.37 Å². The number of H-pyrrole nitrogens is 1. The second-order valence-corrected chi connectivity index (χ2v) is 8.20. The van der Waals surface area contributed by atoms with Crippen molar-refractivity contribution in [3.8, 4) is 16.9 Å². The van der Waals surface area contributed by atoms with E-state index in [4.69, 9.17) is 4.74 Å². The van der Waals surface area contributed by atoms with E-state index < -0.39 is 12.0 Å². The molecule has 0 fully saturated rings. The zero-order valence-electron chi connectivity index (χ0n) is 18.3. The number of rotatable bonds is 8. The number of nitrogens with one attached hydrogen (secondary N) is 2. The molecular weight excluding hydrogens is 409 g/mol. The number of aromatic amines is 1. The van der Waals surface area contributed by atoms with Crippen molar-refractivity contribution in [3.63, 3.8) is 0 Å². The zero-order valence-corrected chi connectivity index (χ0v) is 18.3. The smallest absolute Gasteiger partial charge is 0.320 e. The number of halogens is 1. The summed E-state index contributed by atoms with van der Waals surface area (Å²) in [7, 11) is 1.57. The van der Waals surface area contributed by atoms with Crippen molar-refractivity contribution in [2.75, 3.05) is 7.11 Å². The van der Waals surface area contributed by atoms with Crippen molar-refractivity contribution < 1.29 is 19.0 Å². The number of hydrogen-bond donors (Lipinski definition) is 3. The molecule has 0 amide bonds. The van der Waals surface area contributed by atoms with Gasteiger partial charge >= 0.3 is 5.97 Å². The fraction of sp³-hybridized carbons (Fsp3) is 0.360. The minimum Gasteiger partial charge on any atom is -0.496 e. The molecule has 0 bridgehead atoms. The lowest BCUT2D eigenvalue weighted by Gasteiger charge is -2.26. The first-order valence-electron chi connectivity index (χ1n) is 11.0. The van der Waals surface area contributed by atoms with Gasteiger partial charge in [-0.05, 0) is 67.2 Å². The molecule has 7 heteroatoms. The summed E-state index contributed by atoms with van der Waals surface area (Å²) in [4.78, 5) is 19.3. The number of carbonyl (C=O) groups is 1. The Morgan fingerprint density at radius 3 is 2.88 bits per heavy atom. The number of carboxylic acids is 1. The summed E-state index contributed by atoms with van der Waals surface area (Å²) in [6.07, 6.45) is 7.81. The maximum absolute atomic E-state index is 14.0. The van der Waals surface area contributed by atoms with Gasteiger partial charge in [-0.3, -0.25) is 4.79 Å². The van der Waals surface area contributed by atoms with Crippen LogP contribution in [0.3, 0.4) is 0 Å². The molecular formula is C25H28FN3O3. The maximum Gasteiger partial charge on any atom is 0.320 e. The average molecular weight is 438 g/mol. The highest BCUT2D eigenvalue weighted by Gasteiger charge is 2.23. The Hall–Kier alpha value is -3.19. The molecule has 0 saturated heterocycles. The van der Waals surface area contributed by atoms with Gasteiger partial charge in [0.25, 0.3) is 0 Å². The lowest BCUT2D eigenvalue weighted by Crippen LogP contribution is -2.43. The van der Waals surface area contributed by atoms with Crippen molar-refractivity contribution in [2.45, 2.75) is 51.1 Å². The Labute approximate surface area is 186 Å². The van der Waals surface area contributed by atoms with Gasteiger partial charge < -0.3 is 20.1 Å². The van der Waals surface area contributed by atoms with Gasteiger partial charge in [-0.15, -0.1) is 0 Å². The molecule has 3 aromatic rings. The molecule has 1 aliphatic carbocycles. The number of pyridine rings is 1. The molecule has 4 rings (SSSR count). The molecule has 3 N–H and O–H groups in total. The standard InChI is InChI=1S/C25H28FN3O3/c1-3-4-21(25(30)31)28-17-8-5-15(6-9-17)22-14-20-18(11-12-27-24(20)29-22)19-13-16(26)7-10-23(19)32-2/h5,7,10-14,17,21,28H,3-4,6,8-9H2,1-2H3,(H,27,29)(H,30,31)/t17?,21-/m0/s1. The monoisotopic (exact) mass is 437 g/mol. The normalized spacial score (nSPS) is 17.2. The van der Waals surface area contributed by atoms with Gasteiger partial charge in [-0.1, -0.05) is 19.4 Å². The van der Waals surface area contributed by atoms with Gasteiger partial charge in [0.15, 0.2) is 0 Å². The van der Waals surface area contributed by atoms with Crippen LogP contribution in [0.25, 0.3) is 27.7 Å². The van der Waals surface area contributed by atoms with E-state index in [1.807, 2.05) is 13.0 Å². The fourth-order valence-corrected chi connectivity index (χ4v) is 4.41. The highest BCUT2D eigenvalue weighted by molar-refractivity contribution is 5.96. The van der Waals surface area contributed by atoms with Crippen LogP contribution in [0.2, 0.25) is 0 Å². The summed E-state index contributed by atoms with van der Waals surface area (Å²) in [6.45, 7) is 1.99. The molecule has 1 unspecified atom stereocenters. The fourth-order valence-electron chi connectivity index (χ4n) is 4.41. The molecule has 32 heavy (non-hydrogen) atoms. The van der Waals surface area contributed by atoms with Crippen molar-refractivity contribution >= 4 is 22.6 Å². The SMILES string of the molecule is CCC[C@H](NC1CC=C(c2cc3c(-c4cc(F)ccc4OC)ccnc3[nH]2)CC1)C(=O)O. The Bertz CT molecular complexity index is 1150. The number of aromatic nitrogens is 2. The van der Waals surface area contributed by atoms with Crippen molar-refractivity contribution in [1.82, 2.24) is 15.3 Å². The number of benzene rings is 1. The van der Waals surface area contributed by atoms with E-state index in [1.54, 1.807) is 19.4 Å². The van der Waals surface area contributed by atoms with Crippen LogP contribution < -0.4 is 10.1 Å². The predicted octanol–water partition coefficient (Wildman–Crippen LogP) is 5.16. The van der Waals surface area contributed by atoms with Crippen LogP contribution in [-0.2, 0) is 4.79 Å². The maximum atomic E-state index is 14.0. The third-order valence-corrected chi connectivity index (χ3v) is 6.05. The summed E-state index contributed by atoms with van der Waals surface area (Å²) >= 11 is 0. The average Bonchev–Trinajstić information content (AvgIpc) is 3.23. The molecule has 0 aliphatic heterocycles. The molecule has 1 aliphatic rings. The highest BCUT2D eigenvalue weighted by Crippen LogP contribution is 2.37. The quantitative estimate of drug-likeness (QED) is 0.453. The molecule has 2 atom stereocenters. The number of hydrogen-bond acceptors (Lipinski definition) is 4. The van der Waals surface area contributed by atoms with E-state index in [1.165, 1.54) is 17.7 Å². The Balaban J connectivity index is 1.60. The lowest BCUT2D eigenvalue weighted by molar-refractivity contribution is -0.139. The van der Waals surface area contributed by atoms with E-state index in [9.17, 15) is 14.3 Å². The Kier molecular flexibility index (Phi) is 6.55. The Morgan fingerprint density at radius 2 is 2.19 bits per heavy atom. The van der Waals surface area contributed by atoms with E-state index >= 15 is 0 Å². The summed E-state index contributed by atoms with van der Waals surface area (Å²) in [5, 5.41) is 13.6. The number of nitrogens with zero attached hydrogens (tertiary/aromatic N) is 1. The number of ether oxygens (including phenoxy) is 1. The first-order chi connectivity index (χ1) is 15.5. The molecule has 0 saturated carbocycles. The van der Waals surface area contributed by atoms with Gasteiger partial charge in [0.1, 0.15) is 23.3 Å². The number of methoxy groups -OCH3 is 1. The molecule has 2 aromatic heterocycles. The summed E-state index contributed by atoms with van der Waals surface area (Å²) in [5.74, 6) is -0.506. The van der Waals surface area contributed by atoms with E-state index in [0.717, 1.165) is 48.0 Å². The highest BCUT2D eigenvalue weighted by atomic mass is 19.1. The number of aliphatic carboxylic acids is 1. The van der Waals surface area contributed by atoms with Gasteiger partial charge in [0.05, 0.1) is 7.11 Å². The molecule has 1 aromatic carbocycles. The summed E-state index contributed by atoms with van der Waals surface area (Å²) in [5.41, 5.74) is 4.44. The van der Waals surface area contributed by atoms with Gasteiger partial charge in [0, 0.05) is 28.9 Å². The molecule has 2 heterocycles. The summed E-state index contributed by atoms with van der Waals surface area (Å²) in [6, 6.07) is 8.07. The van der Waals surface area contributed by atoms with Gasteiger partial charge in [-0.2, -0.15) is 0 Å². The van der Waals surface area contributed by atoms with Crippen LogP contribution in [0.4, 0.5) is 4.39 Å².